The summed E-state index contributed by atoms with van der Waals surface area (Å²) in [6.45, 7) is 4.23. The topological polar surface area (TPSA) is 38.3 Å². The predicted octanol–water partition coefficient (Wildman–Crippen LogP) is 7.02. The summed E-state index contributed by atoms with van der Waals surface area (Å²) in [6.07, 6.45) is 4.85. The van der Waals surface area contributed by atoms with Gasteiger partial charge in [0.1, 0.15) is 6.10 Å². The summed E-state index contributed by atoms with van der Waals surface area (Å²) in [4.78, 5) is 12.1. The molecule has 0 saturated carbocycles. The van der Waals surface area contributed by atoms with Crippen molar-refractivity contribution in [1.82, 2.24) is 0 Å². The molecule has 1 amide bonds. The molecular formula is C21H26BrNO2. The molecule has 0 bridgehead atoms. The number of carbonyl (C=O) groups excluding carboxylic acids is 1. The van der Waals surface area contributed by atoms with Crippen LogP contribution in [0.1, 0.15) is 46.0 Å². The van der Waals surface area contributed by atoms with Gasteiger partial charge in [0.15, 0.2) is 0 Å². The Morgan fingerprint density at radius 1 is 1.08 bits per heavy atom. The molecule has 1 atom stereocenters. The maximum Gasteiger partial charge on any atom is 0.411 e. The van der Waals surface area contributed by atoms with Crippen LogP contribution < -0.4 is 5.32 Å². The van der Waals surface area contributed by atoms with Crippen LogP contribution >= 0.6 is 15.9 Å². The zero-order chi connectivity index (χ0) is 18.1. The van der Waals surface area contributed by atoms with Gasteiger partial charge in [0.05, 0.1) is 0 Å². The van der Waals surface area contributed by atoms with E-state index in [2.05, 4.69) is 47.2 Å². The fourth-order valence-electron chi connectivity index (χ4n) is 2.68. The summed E-state index contributed by atoms with van der Waals surface area (Å²) in [7, 11) is 0. The average Bonchev–Trinajstić information content (AvgIpc) is 2.61. The molecule has 0 saturated heterocycles. The van der Waals surface area contributed by atoms with Crippen LogP contribution in [0.3, 0.4) is 0 Å². The molecule has 0 fully saturated rings. The number of hydrogen-bond donors (Lipinski definition) is 1. The number of nitrogens with one attached hydrogen (secondary N) is 1. The summed E-state index contributed by atoms with van der Waals surface area (Å²) in [5.74, 6) is 0. The highest BCUT2D eigenvalue weighted by Gasteiger charge is 2.12. The predicted molar refractivity (Wildman–Crippen MR) is 108 cm³/mol. The first-order valence-electron chi connectivity index (χ1n) is 8.96. The summed E-state index contributed by atoms with van der Waals surface area (Å²) in [5.41, 5.74) is 2.98. The van der Waals surface area contributed by atoms with Crippen molar-refractivity contribution in [2.45, 2.75) is 52.1 Å². The molecule has 2 aromatic rings. The monoisotopic (exact) mass is 403 g/mol. The fraction of sp³-hybridized carbons (Fsp3) is 0.381. The second-order valence-corrected chi connectivity index (χ2v) is 7.06. The number of halogens is 1. The van der Waals surface area contributed by atoms with Crippen LogP contribution in [0.2, 0.25) is 0 Å². The second kappa shape index (κ2) is 10.2. The van der Waals surface area contributed by atoms with Crippen LogP contribution in [0.15, 0.2) is 53.0 Å². The van der Waals surface area contributed by atoms with Crippen LogP contribution in [0.5, 0.6) is 0 Å². The van der Waals surface area contributed by atoms with Crippen molar-refractivity contribution < 1.29 is 9.53 Å². The lowest BCUT2D eigenvalue weighted by atomic mass is 10.1. The standard InChI is InChI=1S/C21H26BrNO2/c1-3-5-6-10-20(4-2)25-21(24)23-19-13-11-16(12-14-19)17-8-7-9-18(22)15-17/h7-9,11-15,20H,3-6,10H2,1-2H3,(H,23,24). The van der Waals surface area contributed by atoms with Crippen LogP contribution in [0, 0.1) is 0 Å². The van der Waals surface area contributed by atoms with Gasteiger partial charge in [-0.25, -0.2) is 4.79 Å². The summed E-state index contributed by atoms with van der Waals surface area (Å²) >= 11 is 3.49. The van der Waals surface area contributed by atoms with Crippen molar-refractivity contribution in [3.05, 3.63) is 53.0 Å². The van der Waals surface area contributed by atoms with Gasteiger partial charge in [-0.2, -0.15) is 0 Å². The van der Waals surface area contributed by atoms with E-state index in [1.165, 1.54) is 12.8 Å². The van der Waals surface area contributed by atoms with E-state index in [9.17, 15) is 4.79 Å². The van der Waals surface area contributed by atoms with Gasteiger partial charge in [0.25, 0.3) is 0 Å². The molecule has 0 heterocycles. The Kier molecular flexibility index (Phi) is 7.99. The van der Waals surface area contributed by atoms with Crippen molar-refractivity contribution in [3.8, 4) is 11.1 Å². The molecule has 0 aliphatic rings. The van der Waals surface area contributed by atoms with Gasteiger partial charge >= 0.3 is 6.09 Å². The van der Waals surface area contributed by atoms with E-state index in [-0.39, 0.29) is 12.2 Å². The van der Waals surface area contributed by atoms with Crippen molar-refractivity contribution in [1.29, 1.82) is 0 Å². The number of amides is 1. The average molecular weight is 404 g/mol. The first-order chi connectivity index (χ1) is 12.1. The number of benzene rings is 2. The SMILES string of the molecule is CCCCCC(CC)OC(=O)Nc1ccc(-c2cccc(Br)c2)cc1. The van der Waals surface area contributed by atoms with E-state index in [0.717, 1.165) is 40.5 Å². The quantitative estimate of drug-likeness (QED) is 0.480. The Balaban J connectivity index is 1.90. The van der Waals surface area contributed by atoms with E-state index in [1.807, 2.05) is 36.4 Å². The van der Waals surface area contributed by atoms with Crippen LogP contribution in [-0.2, 0) is 4.74 Å². The number of carbonyl (C=O) groups is 1. The second-order valence-electron chi connectivity index (χ2n) is 6.14. The highest BCUT2D eigenvalue weighted by molar-refractivity contribution is 9.10. The first-order valence-corrected chi connectivity index (χ1v) is 9.75. The molecule has 0 radical (unpaired) electrons. The zero-order valence-electron chi connectivity index (χ0n) is 14.9. The number of anilines is 1. The highest BCUT2D eigenvalue weighted by Crippen LogP contribution is 2.24. The molecule has 0 aliphatic heterocycles. The molecule has 0 aliphatic carbocycles. The molecule has 4 heteroatoms. The van der Waals surface area contributed by atoms with Crippen molar-refractivity contribution in [2.24, 2.45) is 0 Å². The van der Waals surface area contributed by atoms with Gasteiger partial charge in [-0.15, -0.1) is 0 Å². The molecule has 0 aromatic heterocycles. The summed E-state index contributed by atoms with van der Waals surface area (Å²) in [6, 6.07) is 15.9. The van der Waals surface area contributed by atoms with Gasteiger partial charge in [0, 0.05) is 10.2 Å². The third-order valence-electron chi connectivity index (χ3n) is 4.15. The molecule has 25 heavy (non-hydrogen) atoms. The Labute approximate surface area is 158 Å². The zero-order valence-corrected chi connectivity index (χ0v) is 16.5. The molecule has 134 valence electrons. The summed E-state index contributed by atoms with van der Waals surface area (Å²) < 4.78 is 6.57. The highest BCUT2D eigenvalue weighted by atomic mass is 79.9. The van der Waals surface area contributed by atoms with Gasteiger partial charge in [0.2, 0.25) is 0 Å². The maximum absolute atomic E-state index is 12.1. The van der Waals surface area contributed by atoms with Crippen molar-refractivity contribution in [2.75, 3.05) is 5.32 Å². The number of hydrogen-bond acceptors (Lipinski definition) is 2. The Bertz CT molecular complexity index is 670. The smallest absolute Gasteiger partial charge is 0.411 e. The third kappa shape index (κ3) is 6.54. The lowest BCUT2D eigenvalue weighted by molar-refractivity contribution is 0.101. The van der Waals surface area contributed by atoms with Gasteiger partial charge in [-0.3, -0.25) is 5.32 Å². The van der Waals surface area contributed by atoms with Gasteiger partial charge in [-0.1, -0.05) is 66.9 Å². The minimum absolute atomic E-state index is 0.00695. The van der Waals surface area contributed by atoms with Crippen LogP contribution in [-0.4, -0.2) is 12.2 Å². The minimum Gasteiger partial charge on any atom is -0.446 e. The Morgan fingerprint density at radius 2 is 1.84 bits per heavy atom. The first kappa shape index (κ1) is 19.5. The van der Waals surface area contributed by atoms with E-state index >= 15 is 0 Å². The van der Waals surface area contributed by atoms with Crippen molar-refractivity contribution in [3.63, 3.8) is 0 Å². The molecule has 1 unspecified atom stereocenters. The van der Waals surface area contributed by atoms with Gasteiger partial charge < -0.3 is 4.74 Å². The maximum atomic E-state index is 12.1. The number of rotatable bonds is 8. The van der Waals surface area contributed by atoms with Crippen molar-refractivity contribution >= 4 is 27.7 Å². The molecule has 2 aromatic carbocycles. The molecule has 1 N–H and O–H groups in total. The lowest BCUT2D eigenvalue weighted by Gasteiger charge is -2.16. The van der Waals surface area contributed by atoms with E-state index < -0.39 is 0 Å². The molecule has 2 rings (SSSR count). The largest absolute Gasteiger partial charge is 0.446 e. The molecular weight excluding hydrogens is 378 g/mol. The normalized spacial score (nSPS) is 11.8. The lowest BCUT2D eigenvalue weighted by Crippen LogP contribution is -2.22. The Hall–Kier alpha value is -1.81. The Morgan fingerprint density at radius 3 is 2.48 bits per heavy atom. The van der Waals surface area contributed by atoms with E-state index in [0.29, 0.717) is 0 Å². The third-order valence-corrected chi connectivity index (χ3v) is 4.64. The van der Waals surface area contributed by atoms with Crippen LogP contribution in [0.25, 0.3) is 11.1 Å². The summed E-state index contributed by atoms with van der Waals surface area (Å²) in [5, 5.41) is 2.82. The molecule has 3 nitrogen and oxygen atoms in total. The minimum atomic E-state index is -0.376. The number of unbranched alkanes of at least 4 members (excludes halogenated alkanes) is 2. The number of ether oxygens (including phenoxy) is 1. The van der Waals surface area contributed by atoms with E-state index in [1.54, 1.807) is 0 Å². The van der Waals surface area contributed by atoms with E-state index in [4.69, 9.17) is 4.74 Å². The van der Waals surface area contributed by atoms with Crippen LogP contribution in [0.4, 0.5) is 10.5 Å². The van der Waals surface area contributed by atoms with Gasteiger partial charge in [-0.05, 0) is 54.7 Å². The molecule has 0 spiro atoms. The fourth-order valence-corrected chi connectivity index (χ4v) is 3.08.